The quantitative estimate of drug-likeness (QED) is 0.572. The maximum Gasteiger partial charge on any atom is 0.279 e. The van der Waals surface area contributed by atoms with Gasteiger partial charge in [0.15, 0.2) is 4.80 Å². The molecule has 7 heteroatoms. The van der Waals surface area contributed by atoms with Gasteiger partial charge in [-0.3, -0.25) is 4.79 Å². The van der Waals surface area contributed by atoms with Crippen molar-refractivity contribution in [1.82, 2.24) is 4.57 Å². The van der Waals surface area contributed by atoms with Crippen molar-refractivity contribution < 1.29 is 13.9 Å². The number of amides is 1. The molecule has 0 saturated heterocycles. The van der Waals surface area contributed by atoms with Crippen LogP contribution in [0.5, 0.6) is 0 Å². The van der Waals surface area contributed by atoms with Gasteiger partial charge >= 0.3 is 0 Å². The molecule has 0 spiro atoms. The molecule has 0 bridgehead atoms. The summed E-state index contributed by atoms with van der Waals surface area (Å²) in [4.78, 5) is 17.2. The maximum atomic E-state index is 13.5. The zero-order valence-corrected chi connectivity index (χ0v) is 15.9. The summed E-state index contributed by atoms with van der Waals surface area (Å²) in [6.07, 6.45) is 0. The highest BCUT2D eigenvalue weighted by atomic mass is 79.9. The molecule has 0 aliphatic rings. The van der Waals surface area contributed by atoms with Crippen LogP contribution in [0.4, 0.5) is 4.39 Å². The highest BCUT2D eigenvalue weighted by molar-refractivity contribution is 9.10. The SMILES string of the molecule is CCOCCn1c(=NC(=O)c2ccc(Br)cc2)sc2cc(F)ccc21. The van der Waals surface area contributed by atoms with E-state index in [-0.39, 0.29) is 11.7 Å². The first-order valence-electron chi connectivity index (χ1n) is 7.79. The summed E-state index contributed by atoms with van der Waals surface area (Å²) >= 11 is 4.64. The van der Waals surface area contributed by atoms with Gasteiger partial charge in [0.25, 0.3) is 5.91 Å². The lowest BCUT2D eigenvalue weighted by atomic mass is 10.2. The molecule has 2 aromatic carbocycles. The second-order valence-electron chi connectivity index (χ2n) is 5.27. The number of nitrogens with zero attached hydrogens (tertiary/aromatic N) is 2. The summed E-state index contributed by atoms with van der Waals surface area (Å²) in [6.45, 7) is 3.58. The van der Waals surface area contributed by atoms with Crippen LogP contribution in [0.25, 0.3) is 10.2 Å². The fourth-order valence-corrected chi connectivity index (χ4v) is 3.74. The number of ether oxygens (including phenoxy) is 1. The van der Waals surface area contributed by atoms with Gasteiger partial charge in [-0.15, -0.1) is 0 Å². The second kappa shape index (κ2) is 8.03. The summed E-state index contributed by atoms with van der Waals surface area (Å²) in [5.74, 6) is -0.638. The summed E-state index contributed by atoms with van der Waals surface area (Å²) in [6, 6.07) is 11.6. The van der Waals surface area contributed by atoms with Gasteiger partial charge < -0.3 is 9.30 Å². The standard InChI is InChI=1S/C18H16BrFN2O2S/c1-2-24-10-9-22-15-8-7-14(20)11-16(15)25-18(22)21-17(23)12-3-5-13(19)6-4-12/h3-8,11H,2,9-10H2,1H3. The van der Waals surface area contributed by atoms with Gasteiger partial charge in [-0.1, -0.05) is 27.3 Å². The molecule has 1 aromatic heterocycles. The smallest absolute Gasteiger partial charge is 0.279 e. The van der Waals surface area contributed by atoms with Gasteiger partial charge in [-0.2, -0.15) is 4.99 Å². The van der Waals surface area contributed by atoms with E-state index in [1.807, 2.05) is 11.5 Å². The molecule has 0 saturated carbocycles. The Morgan fingerprint density at radius 3 is 2.76 bits per heavy atom. The predicted molar refractivity (Wildman–Crippen MR) is 100 cm³/mol. The molecule has 0 atom stereocenters. The highest BCUT2D eigenvalue weighted by Gasteiger charge is 2.10. The van der Waals surface area contributed by atoms with E-state index in [2.05, 4.69) is 20.9 Å². The molecule has 3 aromatic rings. The number of carbonyl (C=O) groups is 1. The van der Waals surface area contributed by atoms with Crippen molar-refractivity contribution in [1.29, 1.82) is 0 Å². The van der Waals surface area contributed by atoms with Crippen LogP contribution < -0.4 is 4.80 Å². The average molecular weight is 423 g/mol. The van der Waals surface area contributed by atoms with Crippen LogP contribution in [0.1, 0.15) is 17.3 Å². The summed E-state index contributed by atoms with van der Waals surface area (Å²) in [5, 5.41) is 0. The van der Waals surface area contributed by atoms with Gasteiger partial charge in [0.2, 0.25) is 0 Å². The second-order valence-corrected chi connectivity index (χ2v) is 7.19. The van der Waals surface area contributed by atoms with Crippen LogP contribution in [0, 0.1) is 5.82 Å². The lowest BCUT2D eigenvalue weighted by Gasteiger charge is -2.05. The molecular formula is C18H16BrFN2O2S. The number of hydrogen-bond donors (Lipinski definition) is 0. The van der Waals surface area contributed by atoms with Crippen molar-refractivity contribution in [2.24, 2.45) is 4.99 Å². The topological polar surface area (TPSA) is 43.6 Å². The van der Waals surface area contributed by atoms with Gasteiger partial charge in [0.05, 0.1) is 16.8 Å². The third-order valence-electron chi connectivity index (χ3n) is 3.60. The van der Waals surface area contributed by atoms with Gasteiger partial charge in [0.1, 0.15) is 5.82 Å². The molecular weight excluding hydrogens is 407 g/mol. The van der Waals surface area contributed by atoms with Gasteiger partial charge in [-0.25, -0.2) is 4.39 Å². The lowest BCUT2D eigenvalue weighted by Crippen LogP contribution is -2.19. The number of halogens is 2. The molecule has 25 heavy (non-hydrogen) atoms. The first-order valence-corrected chi connectivity index (χ1v) is 9.40. The summed E-state index contributed by atoms with van der Waals surface area (Å²) < 4.78 is 22.5. The fourth-order valence-electron chi connectivity index (χ4n) is 2.39. The van der Waals surface area contributed by atoms with Crippen LogP contribution in [-0.2, 0) is 11.3 Å². The van der Waals surface area contributed by atoms with Crippen LogP contribution in [-0.4, -0.2) is 23.7 Å². The molecule has 1 heterocycles. The number of aromatic nitrogens is 1. The van der Waals surface area contributed by atoms with Crippen LogP contribution >= 0.6 is 27.3 Å². The Morgan fingerprint density at radius 2 is 2.04 bits per heavy atom. The third-order valence-corrected chi connectivity index (χ3v) is 5.17. The van der Waals surface area contributed by atoms with E-state index in [1.165, 1.54) is 23.5 Å². The van der Waals surface area contributed by atoms with E-state index in [1.54, 1.807) is 30.3 Å². The normalized spacial score (nSPS) is 12.0. The number of carbonyl (C=O) groups excluding carboxylic acids is 1. The zero-order valence-electron chi connectivity index (χ0n) is 13.5. The lowest BCUT2D eigenvalue weighted by molar-refractivity contribution is 0.0996. The number of fused-ring (bicyclic) bond motifs is 1. The minimum absolute atomic E-state index is 0.309. The predicted octanol–water partition coefficient (Wildman–Crippen LogP) is 4.38. The Labute approximate surface area is 156 Å². The van der Waals surface area contributed by atoms with E-state index in [0.29, 0.717) is 30.1 Å². The Hall–Kier alpha value is -1.83. The number of rotatable bonds is 5. The van der Waals surface area contributed by atoms with Crippen LogP contribution in [0.3, 0.4) is 0 Å². The van der Waals surface area contributed by atoms with E-state index >= 15 is 0 Å². The molecule has 0 radical (unpaired) electrons. The number of thiazole rings is 1. The molecule has 0 unspecified atom stereocenters. The van der Waals surface area contributed by atoms with Gasteiger partial charge in [-0.05, 0) is 49.4 Å². The summed E-state index contributed by atoms with van der Waals surface area (Å²) in [7, 11) is 0. The van der Waals surface area contributed by atoms with Crippen molar-refractivity contribution in [3.8, 4) is 0 Å². The molecule has 0 aliphatic heterocycles. The zero-order chi connectivity index (χ0) is 17.8. The fraction of sp³-hybridized carbons (Fsp3) is 0.222. The number of benzene rings is 2. The third kappa shape index (κ3) is 4.23. The van der Waals surface area contributed by atoms with E-state index < -0.39 is 0 Å². The molecule has 0 fully saturated rings. The van der Waals surface area contributed by atoms with Crippen LogP contribution in [0.2, 0.25) is 0 Å². The average Bonchev–Trinajstić information content (AvgIpc) is 2.92. The van der Waals surface area contributed by atoms with E-state index in [4.69, 9.17) is 4.74 Å². The molecule has 0 aliphatic carbocycles. The van der Waals surface area contributed by atoms with Crippen molar-refractivity contribution >= 4 is 43.4 Å². The molecule has 1 amide bonds. The van der Waals surface area contributed by atoms with Crippen LogP contribution in [0.15, 0.2) is 51.9 Å². The molecule has 130 valence electrons. The first kappa shape index (κ1) is 18.0. The highest BCUT2D eigenvalue weighted by Crippen LogP contribution is 2.19. The Kier molecular flexibility index (Phi) is 5.78. The largest absolute Gasteiger partial charge is 0.380 e. The first-order chi connectivity index (χ1) is 12.1. The van der Waals surface area contributed by atoms with E-state index in [9.17, 15) is 9.18 Å². The monoisotopic (exact) mass is 422 g/mol. The number of hydrogen-bond acceptors (Lipinski definition) is 3. The van der Waals surface area contributed by atoms with E-state index in [0.717, 1.165) is 14.7 Å². The molecule has 0 N–H and O–H groups in total. The van der Waals surface area contributed by atoms with Gasteiger partial charge in [0, 0.05) is 23.2 Å². The molecule has 4 nitrogen and oxygen atoms in total. The maximum absolute atomic E-state index is 13.5. The van der Waals surface area contributed by atoms with Crippen molar-refractivity contribution in [3.63, 3.8) is 0 Å². The molecule has 3 rings (SSSR count). The van der Waals surface area contributed by atoms with Crippen molar-refractivity contribution in [2.45, 2.75) is 13.5 Å². The Balaban J connectivity index is 2.04. The summed E-state index contributed by atoms with van der Waals surface area (Å²) in [5.41, 5.74) is 1.34. The minimum atomic E-state index is -0.329. The Morgan fingerprint density at radius 1 is 1.28 bits per heavy atom. The Bertz CT molecular complexity index is 963. The minimum Gasteiger partial charge on any atom is -0.380 e. The van der Waals surface area contributed by atoms with Crippen molar-refractivity contribution in [3.05, 3.63) is 63.1 Å². The van der Waals surface area contributed by atoms with Crippen molar-refractivity contribution in [2.75, 3.05) is 13.2 Å².